The van der Waals surface area contributed by atoms with Crippen molar-refractivity contribution < 1.29 is 9.59 Å². The topological polar surface area (TPSA) is 91.0 Å². The van der Waals surface area contributed by atoms with Gasteiger partial charge < -0.3 is 4.90 Å². The molecule has 0 unspecified atom stereocenters. The smallest absolute Gasteiger partial charge is 0.232 e. The Labute approximate surface area is 131 Å². The Balaban J connectivity index is 1.88. The van der Waals surface area contributed by atoms with E-state index in [-0.39, 0.29) is 30.2 Å². The van der Waals surface area contributed by atoms with E-state index in [1.54, 1.807) is 30.1 Å². The highest BCUT2D eigenvalue weighted by atomic mass is 35.5. The minimum atomic E-state index is -0.513. The number of halogens is 1. The van der Waals surface area contributed by atoms with Crippen LogP contribution in [0.3, 0.4) is 0 Å². The van der Waals surface area contributed by atoms with Crippen LogP contribution in [0.5, 0.6) is 0 Å². The Morgan fingerprint density at radius 2 is 2.32 bits per heavy atom. The highest BCUT2D eigenvalue weighted by molar-refractivity contribution is 6.30. The first kappa shape index (κ1) is 14.5. The molecule has 3 rings (SSSR count). The number of carbonyl (C=O) groups is 2. The molecule has 2 amide bonds. The highest BCUT2D eigenvalue weighted by Crippen LogP contribution is 2.38. The maximum Gasteiger partial charge on any atom is 0.232 e. The van der Waals surface area contributed by atoms with Crippen molar-refractivity contribution in [2.24, 2.45) is 5.92 Å². The molecule has 7 nitrogen and oxygen atoms in total. The van der Waals surface area contributed by atoms with E-state index < -0.39 is 5.92 Å². The Morgan fingerprint density at radius 3 is 3.00 bits per heavy atom. The number of H-pyrrole nitrogens is 1. The van der Waals surface area contributed by atoms with Crippen LogP contribution in [-0.2, 0) is 9.59 Å². The van der Waals surface area contributed by atoms with Crippen LogP contribution in [0.2, 0.25) is 5.02 Å². The molecule has 2 aromatic rings. The van der Waals surface area contributed by atoms with Gasteiger partial charge in [0.15, 0.2) is 0 Å². The number of likely N-dealkylation sites (tertiary alicyclic amines) is 1. The van der Waals surface area contributed by atoms with Crippen LogP contribution in [0.4, 0.5) is 5.95 Å². The fraction of sp³-hybridized carbons (Fsp3) is 0.286. The lowest BCUT2D eigenvalue weighted by atomic mass is 9.93. The third kappa shape index (κ3) is 2.67. The van der Waals surface area contributed by atoms with Crippen molar-refractivity contribution in [1.29, 1.82) is 0 Å². The molecule has 0 radical (unpaired) electrons. The molecule has 0 saturated carbocycles. The SMILES string of the molecule is CN1C(=O)C[C@@H](C(=O)Nc2ncn[nH]2)[C@H]1c1cccc(Cl)c1. The van der Waals surface area contributed by atoms with Crippen LogP contribution < -0.4 is 5.32 Å². The van der Waals surface area contributed by atoms with E-state index in [1.807, 2.05) is 6.07 Å². The number of anilines is 1. The zero-order chi connectivity index (χ0) is 15.7. The predicted molar refractivity (Wildman–Crippen MR) is 80.1 cm³/mol. The first-order valence-electron chi connectivity index (χ1n) is 6.73. The molecule has 1 aliphatic rings. The monoisotopic (exact) mass is 319 g/mol. The minimum Gasteiger partial charge on any atom is -0.338 e. The summed E-state index contributed by atoms with van der Waals surface area (Å²) in [5, 5.41) is 9.45. The van der Waals surface area contributed by atoms with Crippen LogP contribution in [0.15, 0.2) is 30.6 Å². The molecule has 1 saturated heterocycles. The second kappa shape index (κ2) is 5.76. The quantitative estimate of drug-likeness (QED) is 0.899. The van der Waals surface area contributed by atoms with Gasteiger partial charge in [-0.2, -0.15) is 10.1 Å². The Morgan fingerprint density at radius 1 is 1.50 bits per heavy atom. The summed E-state index contributed by atoms with van der Waals surface area (Å²) in [6.45, 7) is 0. The fourth-order valence-corrected chi connectivity index (χ4v) is 2.93. The fourth-order valence-electron chi connectivity index (χ4n) is 2.73. The molecule has 1 fully saturated rings. The average molecular weight is 320 g/mol. The number of amides is 2. The molecular formula is C14H14ClN5O2. The van der Waals surface area contributed by atoms with Crippen LogP contribution in [0.25, 0.3) is 0 Å². The van der Waals surface area contributed by atoms with Crippen molar-refractivity contribution in [1.82, 2.24) is 20.1 Å². The second-order valence-corrected chi connectivity index (χ2v) is 5.57. The summed E-state index contributed by atoms with van der Waals surface area (Å²) in [6.07, 6.45) is 1.45. The molecule has 2 heterocycles. The molecule has 0 aliphatic carbocycles. The molecule has 0 spiro atoms. The highest BCUT2D eigenvalue weighted by Gasteiger charge is 2.42. The summed E-state index contributed by atoms with van der Waals surface area (Å²) in [6, 6.07) is 6.84. The number of hydrogen-bond donors (Lipinski definition) is 2. The number of nitrogens with zero attached hydrogens (tertiary/aromatic N) is 3. The average Bonchev–Trinajstić information content (AvgIpc) is 3.08. The van der Waals surface area contributed by atoms with Gasteiger partial charge in [0.2, 0.25) is 17.8 Å². The van der Waals surface area contributed by atoms with Crippen LogP contribution in [-0.4, -0.2) is 38.9 Å². The van der Waals surface area contributed by atoms with Gasteiger partial charge in [0.25, 0.3) is 0 Å². The molecule has 0 bridgehead atoms. The number of benzene rings is 1. The Bertz CT molecular complexity index is 703. The van der Waals surface area contributed by atoms with Gasteiger partial charge in [-0.1, -0.05) is 23.7 Å². The van der Waals surface area contributed by atoms with Crippen molar-refractivity contribution in [2.75, 3.05) is 12.4 Å². The minimum absolute atomic E-state index is 0.0808. The summed E-state index contributed by atoms with van der Waals surface area (Å²) >= 11 is 6.02. The third-order valence-corrected chi connectivity index (χ3v) is 4.00. The molecule has 22 heavy (non-hydrogen) atoms. The lowest BCUT2D eigenvalue weighted by Crippen LogP contribution is -2.30. The largest absolute Gasteiger partial charge is 0.338 e. The van der Waals surface area contributed by atoms with Gasteiger partial charge in [-0.25, -0.2) is 5.10 Å². The third-order valence-electron chi connectivity index (χ3n) is 3.77. The molecule has 1 aliphatic heterocycles. The first-order chi connectivity index (χ1) is 10.6. The first-order valence-corrected chi connectivity index (χ1v) is 7.11. The van der Waals surface area contributed by atoms with Gasteiger partial charge in [-0.15, -0.1) is 0 Å². The van der Waals surface area contributed by atoms with E-state index in [1.165, 1.54) is 6.33 Å². The normalized spacial score (nSPS) is 21.2. The van der Waals surface area contributed by atoms with E-state index >= 15 is 0 Å². The lowest BCUT2D eigenvalue weighted by molar-refractivity contribution is -0.128. The van der Waals surface area contributed by atoms with Crippen LogP contribution >= 0.6 is 11.6 Å². The summed E-state index contributed by atoms with van der Waals surface area (Å²) in [5.74, 6) is -0.611. The van der Waals surface area contributed by atoms with E-state index in [0.717, 1.165) is 5.56 Å². The van der Waals surface area contributed by atoms with Crippen molar-refractivity contribution in [2.45, 2.75) is 12.5 Å². The number of rotatable bonds is 3. The maximum absolute atomic E-state index is 12.5. The van der Waals surface area contributed by atoms with E-state index in [9.17, 15) is 9.59 Å². The summed E-state index contributed by atoms with van der Waals surface area (Å²) in [7, 11) is 1.69. The van der Waals surface area contributed by atoms with Gasteiger partial charge in [0.1, 0.15) is 6.33 Å². The van der Waals surface area contributed by atoms with Gasteiger partial charge in [-0.05, 0) is 17.7 Å². The van der Waals surface area contributed by atoms with Gasteiger partial charge >= 0.3 is 0 Å². The van der Waals surface area contributed by atoms with Gasteiger partial charge in [0.05, 0.1) is 12.0 Å². The number of carbonyl (C=O) groups excluding carboxylic acids is 2. The molecule has 1 aromatic heterocycles. The number of aromatic amines is 1. The zero-order valence-electron chi connectivity index (χ0n) is 11.8. The molecular weight excluding hydrogens is 306 g/mol. The molecule has 8 heteroatoms. The number of nitrogens with one attached hydrogen (secondary N) is 2. The predicted octanol–water partition coefficient (Wildman–Crippen LogP) is 1.62. The standard InChI is InChI=1S/C14H14ClN5O2/c1-20-11(21)6-10(13(22)18-14-16-7-17-19-14)12(20)8-3-2-4-9(15)5-8/h2-5,7,10,12H,6H2,1H3,(H2,16,17,18,19,22)/t10-,12-/m1/s1. The van der Waals surface area contributed by atoms with E-state index in [0.29, 0.717) is 5.02 Å². The summed E-state index contributed by atoms with van der Waals surface area (Å²) in [5.41, 5.74) is 0.832. The number of hydrogen-bond acceptors (Lipinski definition) is 4. The van der Waals surface area contributed by atoms with Gasteiger partial charge in [0, 0.05) is 18.5 Å². The van der Waals surface area contributed by atoms with E-state index in [4.69, 9.17) is 11.6 Å². The van der Waals surface area contributed by atoms with Gasteiger partial charge in [-0.3, -0.25) is 14.9 Å². The summed E-state index contributed by atoms with van der Waals surface area (Å²) < 4.78 is 0. The Hall–Kier alpha value is -2.41. The number of aromatic nitrogens is 3. The van der Waals surface area contributed by atoms with Crippen molar-refractivity contribution in [3.8, 4) is 0 Å². The van der Waals surface area contributed by atoms with Crippen LogP contribution in [0.1, 0.15) is 18.0 Å². The summed E-state index contributed by atoms with van der Waals surface area (Å²) in [4.78, 5) is 29.9. The molecule has 2 atom stereocenters. The Kier molecular flexibility index (Phi) is 3.81. The second-order valence-electron chi connectivity index (χ2n) is 5.14. The molecule has 114 valence electrons. The maximum atomic E-state index is 12.5. The lowest BCUT2D eigenvalue weighted by Gasteiger charge is -2.24. The van der Waals surface area contributed by atoms with Crippen molar-refractivity contribution in [3.05, 3.63) is 41.2 Å². The molecule has 1 aromatic carbocycles. The van der Waals surface area contributed by atoms with E-state index in [2.05, 4.69) is 20.5 Å². The van der Waals surface area contributed by atoms with Crippen molar-refractivity contribution in [3.63, 3.8) is 0 Å². The molecule has 2 N–H and O–H groups in total. The zero-order valence-corrected chi connectivity index (χ0v) is 12.5. The van der Waals surface area contributed by atoms with Crippen molar-refractivity contribution >= 4 is 29.4 Å². The van der Waals surface area contributed by atoms with Crippen LogP contribution in [0, 0.1) is 5.92 Å².